The highest BCUT2D eigenvalue weighted by atomic mass is 16.2. The van der Waals surface area contributed by atoms with E-state index in [9.17, 15) is 19.6 Å². The maximum atomic E-state index is 12.6. The lowest BCUT2D eigenvalue weighted by Gasteiger charge is -2.24. The van der Waals surface area contributed by atoms with Crippen molar-refractivity contribution >= 4 is 17.8 Å². The maximum Gasteiger partial charge on any atom is 0.325 e. The standard InChI is InChI=1S/C17H26N4O3/c1-12(2)6-9-16(3)14(23)21(15(24)20-16)10-13(22)19-17(11-18)7-4-5-8-17/h12H,4-10H2,1-3H3,(H,19,22)(H,20,24)/t16-/m1/s1. The van der Waals surface area contributed by atoms with E-state index in [-0.39, 0.29) is 12.5 Å². The van der Waals surface area contributed by atoms with Crippen LogP contribution in [0.2, 0.25) is 0 Å². The van der Waals surface area contributed by atoms with Gasteiger partial charge in [-0.3, -0.25) is 14.5 Å². The predicted molar refractivity (Wildman–Crippen MR) is 87.7 cm³/mol. The molecule has 2 rings (SSSR count). The van der Waals surface area contributed by atoms with E-state index in [1.54, 1.807) is 6.92 Å². The molecule has 0 aromatic heterocycles. The second-order valence-corrected chi connectivity index (χ2v) is 7.54. The fourth-order valence-electron chi connectivity index (χ4n) is 3.33. The van der Waals surface area contributed by atoms with Gasteiger partial charge in [0, 0.05) is 0 Å². The molecule has 0 radical (unpaired) electrons. The van der Waals surface area contributed by atoms with E-state index in [4.69, 9.17) is 0 Å². The van der Waals surface area contributed by atoms with Crippen molar-refractivity contribution in [1.29, 1.82) is 5.26 Å². The Bertz CT molecular complexity index is 575. The molecule has 7 heteroatoms. The minimum atomic E-state index is -0.956. The molecule has 7 nitrogen and oxygen atoms in total. The zero-order valence-corrected chi connectivity index (χ0v) is 14.6. The van der Waals surface area contributed by atoms with Crippen LogP contribution in [0.15, 0.2) is 0 Å². The van der Waals surface area contributed by atoms with Crippen LogP contribution in [0.4, 0.5) is 4.79 Å². The molecule has 4 amide bonds. The monoisotopic (exact) mass is 334 g/mol. The molecule has 1 saturated carbocycles. The van der Waals surface area contributed by atoms with E-state index < -0.39 is 23.0 Å². The van der Waals surface area contributed by atoms with Crippen LogP contribution in [-0.2, 0) is 9.59 Å². The van der Waals surface area contributed by atoms with Crippen LogP contribution >= 0.6 is 0 Å². The lowest BCUT2D eigenvalue weighted by molar-refractivity contribution is -0.135. The SMILES string of the molecule is CC(C)CC[C@@]1(C)NC(=O)N(CC(=O)NC2(C#N)CCCC2)C1=O. The molecular weight excluding hydrogens is 308 g/mol. The molecule has 1 atom stereocenters. The Balaban J connectivity index is 1.99. The summed E-state index contributed by atoms with van der Waals surface area (Å²) >= 11 is 0. The van der Waals surface area contributed by atoms with Crippen LogP contribution in [0, 0.1) is 17.2 Å². The molecule has 132 valence electrons. The van der Waals surface area contributed by atoms with Crippen molar-refractivity contribution in [2.24, 2.45) is 5.92 Å². The summed E-state index contributed by atoms with van der Waals surface area (Å²) in [5.74, 6) is -0.419. The normalized spacial score (nSPS) is 25.7. The average Bonchev–Trinajstić information content (AvgIpc) is 3.05. The number of nitrogens with zero attached hydrogens (tertiary/aromatic N) is 2. The van der Waals surface area contributed by atoms with Crippen molar-refractivity contribution < 1.29 is 14.4 Å². The summed E-state index contributed by atoms with van der Waals surface area (Å²) in [5.41, 5.74) is -1.81. The first kappa shape index (κ1) is 18.2. The fraction of sp³-hybridized carbons (Fsp3) is 0.765. The van der Waals surface area contributed by atoms with Gasteiger partial charge in [-0.2, -0.15) is 5.26 Å². The minimum Gasteiger partial charge on any atom is -0.336 e. The molecule has 0 spiro atoms. The Kier molecular flexibility index (Phi) is 5.16. The third-order valence-electron chi connectivity index (χ3n) is 4.92. The van der Waals surface area contributed by atoms with Gasteiger partial charge in [-0.1, -0.05) is 13.8 Å². The Hall–Kier alpha value is -2.10. The summed E-state index contributed by atoms with van der Waals surface area (Å²) in [7, 11) is 0. The molecule has 0 bridgehead atoms. The third-order valence-corrected chi connectivity index (χ3v) is 4.92. The van der Waals surface area contributed by atoms with Gasteiger partial charge in [0.1, 0.15) is 17.6 Å². The van der Waals surface area contributed by atoms with Gasteiger partial charge in [0.25, 0.3) is 5.91 Å². The second-order valence-electron chi connectivity index (χ2n) is 7.54. The van der Waals surface area contributed by atoms with Gasteiger partial charge in [0.2, 0.25) is 5.91 Å². The number of carbonyl (C=O) groups is 3. The van der Waals surface area contributed by atoms with Crippen LogP contribution in [0.1, 0.15) is 59.3 Å². The summed E-state index contributed by atoms with van der Waals surface area (Å²) in [6, 6.07) is 1.63. The number of carbonyl (C=O) groups excluding carboxylic acids is 3. The Morgan fingerprint density at radius 1 is 1.38 bits per heavy atom. The van der Waals surface area contributed by atoms with Gasteiger partial charge < -0.3 is 10.6 Å². The first-order chi connectivity index (χ1) is 11.2. The summed E-state index contributed by atoms with van der Waals surface area (Å²) in [4.78, 5) is 37.9. The van der Waals surface area contributed by atoms with Crippen LogP contribution in [0.25, 0.3) is 0 Å². The maximum absolute atomic E-state index is 12.6. The van der Waals surface area contributed by atoms with Crippen molar-refractivity contribution in [3.63, 3.8) is 0 Å². The molecule has 1 aliphatic heterocycles. The van der Waals surface area contributed by atoms with E-state index in [2.05, 4.69) is 30.6 Å². The Labute approximate surface area is 142 Å². The molecule has 0 aromatic carbocycles. The first-order valence-electron chi connectivity index (χ1n) is 8.58. The van der Waals surface area contributed by atoms with E-state index in [1.165, 1.54) is 0 Å². The van der Waals surface area contributed by atoms with Gasteiger partial charge in [0.05, 0.1) is 6.07 Å². The topological polar surface area (TPSA) is 102 Å². The van der Waals surface area contributed by atoms with Crippen molar-refractivity contribution in [3.8, 4) is 6.07 Å². The zero-order valence-electron chi connectivity index (χ0n) is 14.6. The highest BCUT2D eigenvalue weighted by Gasteiger charge is 2.48. The lowest BCUT2D eigenvalue weighted by Crippen LogP contribution is -2.50. The highest BCUT2D eigenvalue weighted by molar-refractivity contribution is 6.08. The average molecular weight is 334 g/mol. The van der Waals surface area contributed by atoms with E-state index in [0.29, 0.717) is 25.2 Å². The molecule has 2 N–H and O–H groups in total. The predicted octanol–water partition coefficient (Wildman–Crippen LogP) is 1.69. The van der Waals surface area contributed by atoms with Crippen molar-refractivity contribution in [2.45, 2.75) is 70.4 Å². The summed E-state index contributed by atoms with van der Waals surface area (Å²) in [6.45, 7) is 5.46. The summed E-state index contributed by atoms with van der Waals surface area (Å²) in [6.07, 6.45) is 4.35. The minimum absolute atomic E-state index is 0.342. The van der Waals surface area contributed by atoms with E-state index in [1.807, 2.05) is 0 Å². The zero-order chi connectivity index (χ0) is 18.0. The molecule has 0 unspecified atom stereocenters. The highest BCUT2D eigenvalue weighted by Crippen LogP contribution is 2.29. The molecule has 1 saturated heterocycles. The number of imide groups is 1. The van der Waals surface area contributed by atoms with Crippen LogP contribution in [-0.4, -0.2) is 40.4 Å². The van der Waals surface area contributed by atoms with Crippen molar-refractivity contribution in [1.82, 2.24) is 15.5 Å². The van der Waals surface area contributed by atoms with Crippen LogP contribution in [0.3, 0.4) is 0 Å². The van der Waals surface area contributed by atoms with Gasteiger partial charge >= 0.3 is 6.03 Å². The number of urea groups is 1. The molecule has 2 fully saturated rings. The van der Waals surface area contributed by atoms with E-state index >= 15 is 0 Å². The van der Waals surface area contributed by atoms with Crippen LogP contribution in [0.5, 0.6) is 0 Å². The molecular formula is C17H26N4O3. The van der Waals surface area contributed by atoms with Gasteiger partial charge in [0.15, 0.2) is 0 Å². The Morgan fingerprint density at radius 2 is 2.00 bits per heavy atom. The largest absolute Gasteiger partial charge is 0.336 e. The summed E-state index contributed by atoms with van der Waals surface area (Å²) in [5, 5.41) is 14.7. The Morgan fingerprint density at radius 3 is 2.54 bits per heavy atom. The molecule has 2 aliphatic rings. The number of rotatable bonds is 6. The number of hydrogen-bond acceptors (Lipinski definition) is 4. The van der Waals surface area contributed by atoms with Gasteiger partial charge in [-0.05, 0) is 51.4 Å². The molecule has 1 aliphatic carbocycles. The lowest BCUT2D eigenvalue weighted by atomic mass is 9.92. The smallest absolute Gasteiger partial charge is 0.325 e. The van der Waals surface area contributed by atoms with Crippen LogP contribution < -0.4 is 10.6 Å². The summed E-state index contributed by atoms with van der Waals surface area (Å²) < 4.78 is 0. The van der Waals surface area contributed by atoms with Crippen molar-refractivity contribution in [3.05, 3.63) is 0 Å². The van der Waals surface area contributed by atoms with Gasteiger partial charge in [-0.15, -0.1) is 0 Å². The third kappa shape index (κ3) is 3.69. The van der Waals surface area contributed by atoms with E-state index in [0.717, 1.165) is 24.2 Å². The molecule has 1 heterocycles. The molecule has 24 heavy (non-hydrogen) atoms. The quantitative estimate of drug-likeness (QED) is 0.721. The number of amides is 4. The van der Waals surface area contributed by atoms with Crippen molar-refractivity contribution in [2.75, 3.05) is 6.54 Å². The molecule has 0 aromatic rings. The first-order valence-corrected chi connectivity index (χ1v) is 8.58. The number of nitriles is 1. The number of nitrogens with one attached hydrogen (secondary N) is 2. The second kappa shape index (κ2) is 6.80. The van der Waals surface area contributed by atoms with Gasteiger partial charge in [-0.25, -0.2) is 4.79 Å². The number of hydrogen-bond donors (Lipinski definition) is 2. The fourth-order valence-corrected chi connectivity index (χ4v) is 3.33.